The predicted octanol–water partition coefficient (Wildman–Crippen LogP) is 9.93. The molecule has 0 saturated carbocycles. The molecule has 0 saturated heterocycles. The van der Waals surface area contributed by atoms with Crippen LogP contribution in [0.25, 0.3) is 0 Å². The van der Waals surface area contributed by atoms with Crippen molar-refractivity contribution in [3.8, 4) is 0 Å². The number of hydrogen-bond donors (Lipinski definition) is 0. The molecular formula is C29H56O2. The standard InChI is InChI=1S/C29H56O2/c1-3-5-7-9-11-13-14-15-16-17-18-19-20-22-24-26-28-31-29-30-27-25-23-21-12-10-8-6-4-2/h9,11,22,24H,3-8,10,12-21,23,25-29H2,1-2H3/b11-9+,24-22+. The molecule has 2 heteroatoms. The topological polar surface area (TPSA) is 18.5 Å². The molecule has 0 unspecified atom stereocenters. The fraction of sp³-hybridized carbons (Fsp3) is 0.862. The third kappa shape index (κ3) is 29.4. The van der Waals surface area contributed by atoms with Crippen LogP contribution in [0, 0.1) is 0 Å². The Morgan fingerprint density at radius 3 is 1.39 bits per heavy atom. The summed E-state index contributed by atoms with van der Waals surface area (Å²) in [6.07, 6.45) is 35.8. The first kappa shape index (κ1) is 30.4. The average molecular weight is 437 g/mol. The maximum atomic E-state index is 5.56. The molecular weight excluding hydrogens is 380 g/mol. The predicted molar refractivity (Wildman–Crippen MR) is 139 cm³/mol. The Hall–Kier alpha value is -0.600. The Balaban J connectivity index is 3.10. The lowest BCUT2D eigenvalue weighted by molar-refractivity contribution is -0.0531. The van der Waals surface area contributed by atoms with E-state index in [4.69, 9.17) is 9.47 Å². The van der Waals surface area contributed by atoms with Crippen LogP contribution in [0.2, 0.25) is 0 Å². The molecule has 0 spiro atoms. The van der Waals surface area contributed by atoms with Gasteiger partial charge in [-0.1, -0.05) is 122 Å². The minimum atomic E-state index is 0.457. The maximum Gasteiger partial charge on any atom is 0.146 e. The average Bonchev–Trinajstić information content (AvgIpc) is 2.78. The summed E-state index contributed by atoms with van der Waals surface area (Å²) >= 11 is 0. The Morgan fingerprint density at radius 2 is 0.806 bits per heavy atom. The second-order valence-electron chi connectivity index (χ2n) is 8.98. The summed E-state index contributed by atoms with van der Waals surface area (Å²) in [7, 11) is 0. The summed E-state index contributed by atoms with van der Waals surface area (Å²) in [6, 6.07) is 0. The highest BCUT2D eigenvalue weighted by Gasteiger charge is 1.93. The number of rotatable bonds is 26. The molecule has 0 rings (SSSR count). The Bertz CT molecular complexity index is 362. The molecule has 0 atom stereocenters. The van der Waals surface area contributed by atoms with Crippen molar-refractivity contribution in [3.63, 3.8) is 0 Å². The summed E-state index contributed by atoms with van der Waals surface area (Å²) in [5.41, 5.74) is 0. The van der Waals surface area contributed by atoms with E-state index in [1.807, 2.05) is 0 Å². The van der Waals surface area contributed by atoms with E-state index >= 15 is 0 Å². The van der Waals surface area contributed by atoms with E-state index in [1.54, 1.807) is 0 Å². The van der Waals surface area contributed by atoms with Crippen LogP contribution in [0.4, 0.5) is 0 Å². The van der Waals surface area contributed by atoms with E-state index in [0.717, 1.165) is 19.6 Å². The van der Waals surface area contributed by atoms with Crippen LogP contribution in [0.5, 0.6) is 0 Å². The first-order chi connectivity index (χ1) is 15.4. The molecule has 0 amide bonds. The highest BCUT2D eigenvalue weighted by Crippen LogP contribution is 2.10. The molecule has 0 aromatic rings. The highest BCUT2D eigenvalue weighted by molar-refractivity contribution is 4.82. The summed E-state index contributed by atoms with van der Waals surface area (Å²) in [4.78, 5) is 0. The maximum absolute atomic E-state index is 5.56. The lowest BCUT2D eigenvalue weighted by Crippen LogP contribution is -2.02. The Kier molecular flexibility index (Phi) is 28.8. The van der Waals surface area contributed by atoms with Crippen LogP contribution in [-0.2, 0) is 9.47 Å². The molecule has 2 nitrogen and oxygen atoms in total. The number of ether oxygens (including phenoxy) is 2. The molecule has 0 aliphatic heterocycles. The monoisotopic (exact) mass is 436 g/mol. The zero-order valence-corrected chi connectivity index (χ0v) is 21.4. The minimum absolute atomic E-state index is 0.457. The molecule has 0 N–H and O–H groups in total. The lowest BCUT2D eigenvalue weighted by atomic mass is 10.1. The minimum Gasteiger partial charge on any atom is -0.355 e. The van der Waals surface area contributed by atoms with E-state index in [0.29, 0.717) is 6.79 Å². The lowest BCUT2D eigenvalue weighted by Gasteiger charge is -2.05. The Labute approximate surface area is 196 Å². The fourth-order valence-electron chi connectivity index (χ4n) is 3.69. The van der Waals surface area contributed by atoms with Crippen molar-refractivity contribution in [3.05, 3.63) is 24.3 Å². The molecule has 0 aliphatic carbocycles. The van der Waals surface area contributed by atoms with Gasteiger partial charge in [0.15, 0.2) is 0 Å². The normalized spacial score (nSPS) is 11.9. The molecule has 0 fully saturated rings. The number of allylic oxidation sites excluding steroid dienone is 3. The second-order valence-corrected chi connectivity index (χ2v) is 8.98. The zero-order chi connectivity index (χ0) is 22.5. The molecule has 184 valence electrons. The van der Waals surface area contributed by atoms with Crippen LogP contribution in [0.15, 0.2) is 24.3 Å². The van der Waals surface area contributed by atoms with Crippen molar-refractivity contribution in [2.45, 2.75) is 142 Å². The first-order valence-corrected chi connectivity index (χ1v) is 13.9. The molecule has 31 heavy (non-hydrogen) atoms. The highest BCUT2D eigenvalue weighted by atomic mass is 16.7. The van der Waals surface area contributed by atoms with Crippen LogP contribution >= 0.6 is 0 Å². The third-order valence-electron chi connectivity index (χ3n) is 5.79. The van der Waals surface area contributed by atoms with Crippen molar-refractivity contribution >= 4 is 0 Å². The third-order valence-corrected chi connectivity index (χ3v) is 5.79. The van der Waals surface area contributed by atoms with Crippen molar-refractivity contribution in [2.24, 2.45) is 0 Å². The Morgan fingerprint density at radius 1 is 0.387 bits per heavy atom. The molecule has 0 heterocycles. The van der Waals surface area contributed by atoms with Gasteiger partial charge in [0.05, 0.1) is 6.61 Å². The van der Waals surface area contributed by atoms with E-state index < -0.39 is 0 Å². The number of hydrogen-bond acceptors (Lipinski definition) is 2. The van der Waals surface area contributed by atoms with Crippen LogP contribution in [-0.4, -0.2) is 20.0 Å². The van der Waals surface area contributed by atoms with Crippen molar-refractivity contribution in [2.75, 3.05) is 20.0 Å². The first-order valence-electron chi connectivity index (χ1n) is 13.9. The van der Waals surface area contributed by atoms with Crippen LogP contribution < -0.4 is 0 Å². The van der Waals surface area contributed by atoms with Crippen molar-refractivity contribution < 1.29 is 9.47 Å². The fourth-order valence-corrected chi connectivity index (χ4v) is 3.69. The molecule has 0 aliphatic rings. The van der Waals surface area contributed by atoms with Gasteiger partial charge in [0.25, 0.3) is 0 Å². The van der Waals surface area contributed by atoms with E-state index in [-0.39, 0.29) is 0 Å². The molecule has 0 aromatic carbocycles. The summed E-state index contributed by atoms with van der Waals surface area (Å²) in [5, 5.41) is 0. The van der Waals surface area contributed by atoms with Gasteiger partial charge in [0, 0.05) is 6.61 Å². The second kappa shape index (κ2) is 29.4. The molecule has 0 radical (unpaired) electrons. The smallest absolute Gasteiger partial charge is 0.146 e. The van der Waals surface area contributed by atoms with Gasteiger partial charge in [-0.2, -0.15) is 0 Å². The SMILES string of the molecule is CCCC/C=C/CCCCCCCC/C=C/CCOCOCCCCCCCCCC. The largest absolute Gasteiger partial charge is 0.355 e. The summed E-state index contributed by atoms with van der Waals surface area (Å²) in [6.45, 7) is 6.61. The van der Waals surface area contributed by atoms with E-state index in [2.05, 4.69) is 38.2 Å². The van der Waals surface area contributed by atoms with Crippen LogP contribution in [0.3, 0.4) is 0 Å². The zero-order valence-electron chi connectivity index (χ0n) is 21.4. The van der Waals surface area contributed by atoms with Gasteiger partial charge < -0.3 is 9.47 Å². The quantitative estimate of drug-likeness (QED) is 0.0762. The van der Waals surface area contributed by atoms with Crippen LogP contribution in [0.1, 0.15) is 142 Å². The van der Waals surface area contributed by atoms with Crippen molar-refractivity contribution in [1.29, 1.82) is 0 Å². The van der Waals surface area contributed by atoms with Crippen molar-refractivity contribution in [1.82, 2.24) is 0 Å². The number of unbranched alkanes of at least 4 members (excludes halogenated alkanes) is 16. The van der Waals surface area contributed by atoms with Gasteiger partial charge in [-0.25, -0.2) is 0 Å². The van der Waals surface area contributed by atoms with Gasteiger partial charge in [-0.05, 0) is 44.9 Å². The molecule has 0 bridgehead atoms. The summed E-state index contributed by atoms with van der Waals surface area (Å²) < 4.78 is 11.1. The van der Waals surface area contributed by atoms with Gasteiger partial charge in [0.1, 0.15) is 6.79 Å². The van der Waals surface area contributed by atoms with Gasteiger partial charge in [0.2, 0.25) is 0 Å². The van der Waals surface area contributed by atoms with Gasteiger partial charge >= 0.3 is 0 Å². The van der Waals surface area contributed by atoms with Gasteiger partial charge in [-0.3, -0.25) is 0 Å². The van der Waals surface area contributed by atoms with Gasteiger partial charge in [-0.15, -0.1) is 0 Å². The van der Waals surface area contributed by atoms with E-state index in [9.17, 15) is 0 Å². The summed E-state index contributed by atoms with van der Waals surface area (Å²) in [5.74, 6) is 0. The molecule has 0 aromatic heterocycles. The van der Waals surface area contributed by atoms with E-state index in [1.165, 1.54) is 122 Å².